The minimum absolute atomic E-state index is 0.168. The van der Waals surface area contributed by atoms with Crippen molar-refractivity contribution in [2.45, 2.75) is 83.5 Å². The third-order valence-electron chi connectivity index (χ3n) is 5.17. The lowest BCUT2D eigenvalue weighted by atomic mass is 9.72. The largest absolute Gasteiger partial charge is 0.330 e. The quantitative estimate of drug-likeness (QED) is 0.415. The molecule has 0 unspecified atom stereocenters. The second-order valence-corrected chi connectivity index (χ2v) is 6.93. The topological polar surface area (TPSA) is 26.0 Å². The van der Waals surface area contributed by atoms with Crippen LogP contribution in [0.4, 0.5) is 0 Å². The fourth-order valence-corrected chi connectivity index (χ4v) is 3.49. The standard InChI is InChI=1S/C22H37N/c1-4-7-9-11-17-22(19-23,18-12-10-8-5-2)21-15-13-20(6-3)14-16-21/h6,13-16H,3-5,7-12,17-19,23H2,1-2H3. The zero-order valence-corrected chi connectivity index (χ0v) is 15.4. The number of unbranched alkanes of at least 4 members (excludes halogenated alkanes) is 6. The average molecular weight is 316 g/mol. The maximum atomic E-state index is 6.32. The second kappa shape index (κ2) is 11.5. The number of rotatable bonds is 13. The van der Waals surface area contributed by atoms with Crippen LogP contribution in [0.15, 0.2) is 30.8 Å². The van der Waals surface area contributed by atoms with Gasteiger partial charge < -0.3 is 5.73 Å². The van der Waals surface area contributed by atoms with Crippen molar-refractivity contribution in [2.75, 3.05) is 6.54 Å². The van der Waals surface area contributed by atoms with Crippen LogP contribution in [0.1, 0.15) is 89.2 Å². The monoisotopic (exact) mass is 315 g/mol. The van der Waals surface area contributed by atoms with E-state index >= 15 is 0 Å². The maximum Gasteiger partial charge on any atom is 0.00755 e. The molecule has 0 atom stereocenters. The molecule has 1 aromatic carbocycles. The van der Waals surface area contributed by atoms with E-state index in [2.05, 4.69) is 44.7 Å². The first-order valence-electron chi connectivity index (χ1n) is 9.65. The van der Waals surface area contributed by atoms with E-state index in [9.17, 15) is 0 Å². The Kier molecular flexibility index (Phi) is 9.94. The Morgan fingerprint density at radius 3 is 1.78 bits per heavy atom. The van der Waals surface area contributed by atoms with Crippen LogP contribution in [0.25, 0.3) is 6.08 Å². The summed E-state index contributed by atoms with van der Waals surface area (Å²) in [5.74, 6) is 0. The zero-order valence-electron chi connectivity index (χ0n) is 15.4. The molecule has 0 saturated heterocycles. The molecule has 1 rings (SSSR count). The van der Waals surface area contributed by atoms with Gasteiger partial charge in [-0.25, -0.2) is 0 Å². The molecule has 1 heteroatoms. The van der Waals surface area contributed by atoms with Crippen LogP contribution < -0.4 is 5.73 Å². The van der Waals surface area contributed by atoms with E-state index in [4.69, 9.17) is 5.73 Å². The van der Waals surface area contributed by atoms with Gasteiger partial charge in [0, 0.05) is 12.0 Å². The Hall–Kier alpha value is -1.08. The van der Waals surface area contributed by atoms with Gasteiger partial charge in [0.15, 0.2) is 0 Å². The predicted octanol–water partition coefficient (Wildman–Crippen LogP) is 6.47. The Balaban J connectivity index is 2.83. The summed E-state index contributed by atoms with van der Waals surface area (Å²) >= 11 is 0. The SMILES string of the molecule is C=Cc1ccc(C(CN)(CCCCCC)CCCCCC)cc1. The van der Waals surface area contributed by atoms with Crippen molar-refractivity contribution in [3.8, 4) is 0 Å². The summed E-state index contributed by atoms with van der Waals surface area (Å²) in [6.45, 7) is 9.17. The molecule has 2 N–H and O–H groups in total. The molecule has 130 valence electrons. The molecular weight excluding hydrogens is 278 g/mol. The Bertz CT molecular complexity index is 406. The van der Waals surface area contributed by atoms with Crippen LogP contribution >= 0.6 is 0 Å². The molecule has 0 bridgehead atoms. The van der Waals surface area contributed by atoms with Gasteiger partial charge in [-0.1, -0.05) is 102 Å². The summed E-state index contributed by atoms with van der Waals surface area (Å²) in [6.07, 6.45) is 14.9. The van der Waals surface area contributed by atoms with Crippen molar-refractivity contribution < 1.29 is 0 Å². The van der Waals surface area contributed by atoms with Gasteiger partial charge in [-0.15, -0.1) is 0 Å². The van der Waals surface area contributed by atoms with Crippen molar-refractivity contribution in [1.29, 1.82) is 0 Å². The predicted molar refractivity (Wildman–Crippen MR) is 105 cm³/mol. The maximum absolute atomic E-state index is 6.32. The van der Waals surface area contributed by atoms with E-state index in [1.54, 1.807) is 0 Å². The van der Waals surface area contributed by atoms with Gasteiger partial charge in [0.2, 0.25) is 0 Å². The van der Waals surface area contributed by atoms with E-state index in [0.29, 0.717) is 0 Å². The molecule has 0 amide bonds. The summed E-state index contributed by atoms with van der Waals surface area (Å²) in [6, 6.07) is 8.93. The van der Waals surface area contributed by atoms with Crippen LogP contribution in [0.3, 0.4) is 0 Å². The first-order valence-corrected chi connectivity index (χ1v) is 9.65. The van der Waals surface area contributed by atoms with Gasteiger partial charge in [-0.2, -0.15) is 0 Å². The number of benzene rings is 1. The van der Waals surface area contributed by atoms with E-state index in [1.807, 2.05) is 6.08 Å². The first-order chi connectivity index (χ1) is 11.2. The Morgan fingerprint density at radius 2 is 1.39 bits per heavy atom. The fourth-order valence-electron chi connectivity index (χ4n) is 3.49. The molecule has 23 heavy (non-hydrogen) atoms. The Labute approximate surface area is 144 Å². The molecule has 1 aromatic rings. The highest BCUT2D eigenvalue weighted by Crippen LogP contribution is 2.35. The highest BCUT2D eigenvalue weighted by molar-refractivity contribution is 5.48. The van der Waals surface area contributed by atoms with E-state index in [0.717, 1.165) is 6.54 Å². The molecule has 0 saturated carbocycles. The van der Waals surface area contributed by atoms with Crippen LogP contribution in [0.5, 0.6) is 0 Å². The van der Waals surface area contributed by atoms with Crippen molar-refractivity contribution in [1.82, 2.24) is 0 Å². The van der Waals surface area contributed by atoms with Gasteiger partial charge in [0.25, 0.3) is 0 Å². The van der Waals surface area contributed by atoms with Gasteiger partial charge in [0.1, 0.15) is 0 Å². The van der Waals surface area contributed by atoms with Gasteiger partial charge in [-0.3, -0.25) is 0 Å². The minimum atomic E-state index is 0.168. The molecule has 0 fully saturated rings. The van der Waals surface area contributed by atoms with Gasteiger partial charge >= 0.3 is 0 Å². The number of hydrogen-bond donors (Lipinski definition) is 1. The van der Waals surface area contributed by atoms with Crippen LogP contribution in [-0.2, 0) is 5.41 Å². The summed E-state index contributed by atoms with van der Waals surface area (Å²) in [7, 11) is 0. The molecule has 0 heterocycles. The lowest BCUT2D eigenvalue weighted by Gasteiger charge is -2.34. The van der Waals surface area contributed by atoms with Crippen molar-refractivity contribution in [2.24, 2.45) is 5.73 Å². The van der Waals surface area contributed by atoms with E-state index < -0.39 is 0 Å². The summed E-state index contributed by atoms with van der Waals surface area (Å²) in [5, 5.41) is 0. The molecule has 1 nitrogen and oxygen atoms in total. The van der Waals surface area contributed by atoms with E-state index in [-0.39, 0.29) is 5.41 Å². The molecule has 0 aromatic heterocycles. The van der Waals surface area contributed by atoms with Crippen molar-refractivity contribution in [3.63, 3.8) is 0 Å². The van der Waals surface area contributed by atoms with E-state index in [1.165, 1.54) is 75.3 Å². The zero-order chi connectivity index (χ0) is 17.0. The van der Waals surface area contributed by atoms with Crippen molar-refractivity contribution >= 4 is 6.08 Å². The normalized spacial score (nSPS) is 11.6. The average Bonchev–Trinajstić information content (AvgIpc) is 2.61. The molecule has 0 spiro atoms. The minimum Gasteiger partial charge on any atom is -0.330 e. The molecule has 0 aliphatic heterocycles. The molecule has 0 radical (unpaired) electrons. The first kappa shape index (κ1) is 20.0. The highest BCUT2D eigenvalue weighted by Gasteiger charge is 2.29. The van der Waals surface area contributed by atoms with Crippen LogP contribution in [0.2, 0.25) is 0 Å². The van der Waals surface area contributed by atoms with Gasteiger partial charge in [-0.05, 0) is 24.0 Å². The van der Waals surface area contributed by atoms with Crippen LogP contribution in [0, 0.1) is 0 Å². The third-order valence-corrected chi connectivity index (χ3v) is 5.17. The molecular formula is C22H37N. The third kappa shape index (κ3) is 6.51. The summed E-state index contributed by atoms with van der Waals surface area (Å²) < 4.78 is 0. The summed E-state index contributed by atoms with van der Waals surface area (Å²) in [5.41, 5.74) is 9.11. The van der Waals surface area contributed by atoms with Crippen molar-refractivity contribution in [3.05, 3.63) is 42.0 Å². The number of nitrogens with two attached hydrogens (primary N) is 1. The lowest BCUT2D eigenvalue weighted by molar-refractivity contribution is 0.342. The smallest absolute Gasteiger partial charge is 0.00755 e. The molecule has 0 aliphatic carbocycles. The summed E-state index contributed by atoms with van der Waals surface area (Å²) in [4.78, 5) is 0. The Morgan fingerprint density at radius 1 is 0.870 bits per heavy atom. The van der Waals surface area contributed by atoms with Crippen LogP contribution in [-0.4, -0.2) is 6.54 Å². The fraction of sp³-hybridized carbons (Fsp3) is 0.636. The second-order valence-electron chi connectivity index (χ2n) is 6.93. The lowest BCUT2D eigenvalue weighted by Crippen LogP contribution is -2.35. The highest BCUT2D eigenvalue weighted by atomic mass is 14.6. The molecule has 0 aliphatic rings. The van der Waals surface area contributed by atoms with Gasteiger partial charge in [0.05, 0.1) is 0 Å². The number of hydrogen-bond acceptors (Lipinski definition) is 1.